The van der Waals surface area contributed by atoms with E-state index in [4.69, 9.17) is 14.2 Å². The van der Waals surface area contributed by atoms with Crippen molar-refractivity contribution in [3.8, 4) is 5.75 Å². The predicted molar refractivity (Wildman–Crippen MR) is 190 cm³/mol. The lowest BCUT2D eigenvalue weighted by atomic mass is 10.1. The van der Waals surface area contributed by atoms with Gasteiger partial charge in [-0.25, -0.2) is 0 Å². The fraction of sp³-hybridized carbons (Fsp3) is 0.647. The van der Waals surface area contributed by atoms with Gasteiger partial charge in [-0.15, -0.1) is 0 Å². The highest BCUT2D eigenvalue weighted by Gasteiger charge is 2.25. The molecule has 0 radical (unpaired) electrons. The highest BCUT2D eigenvalue weighted by atomic mass is 16.5. The van der Waals surface area contributed by atoms with Gasteiger partial charge in [0.15, 0.2) is 6.61 Å². The lowest BCUT2D eigenvalue weighted by Crippen LogP contribution is -2.50. The molecule has 3 rings (SSSR count). The summed E-state index contributed by atoms with van der Waals surface area (Å²) in [6, 6.07) is 4.33. The first-order valence-electron chi connectivity index (χ1n) is 17.7. The second-order valence-corrected chi connectivity index (χ2v) is 13.0. The Morgan fingerprint density at radius 3 is 1.98 bits per heavy atom. The normalized spacial score (nSPS) is 18.2. The van der Waals surface area contributed by atoms with Gasteiger partial charge in [0.1, 0.15) is 18.8 Å². The zero-order valence-electron chi connectivity index (χ0n) is 30.3. The monoisotopic (exact) mass is 768 g/mol. The first kappa shape index (κ1) is 43.8. The second kappa shape index (κ2) is 23.2. The van der Waals surface area contributed by atoms with Gasteiger partial charge in [0, 0.05) is 83.7 Å². The van der Waals surface area contributed by atoms with E-state index >= 15 is 0 Å². The van der Waals surface area contributed by atoms with Crippen molar-refractivity contribution in [1.29, 1.82) is 0 Å². The number of nitrogens with one attached hydrogen (secondary N) is 1. The van der Waals surface area contributed by atoms with Crippen LogP contribution >= 0.6 is 0 Å². The highest BCUT2D eigenvalue weighted by Crippen LogP contribution is 2.33. The van der Waals surface area contributed by atoms with Crippen LogP contribution in [0.2, 0.25) is 0 Å². The van der Waals surface area contributed by atoms with Crippen molar-refractivity contribution in [2.45, 2.75) is 25.5 Å². The lowest BCUT2D eigenvalue weighted by molar-refractivity contribution is -0.140. The molecular weight excluding hydrogens is 716 g/mol. The van der Waals surface area contributed by atoms with Crippen molar-refractivity contribution >= 4 is 41.4 Å². The lowest BCUT2D eigenvalue weighted by Gasteiger charge is -2.33. The van der Waals surface area contributed by atoms with Gasteiger partial charge in [0.25, 0.3) is 5.91 Å². The largest absolute Gasteiger partial charge is 0.482 e. The zero-order chi connectivity index (χ0) is 39.5. The van der Waals surface area contributed by atoms with Gasteiger partial charge in [-0.2, -0.15) is 0 Å². The topological polar surface area (TPSA) is 259 Å². The average Bonchev–Trinajstić information content (AvgIpc) is 3.09. The van der Waals surface area contributed by atoms with Crippen LogP contribution in [0.15, 0.2) is 18.2 Å². The fourth-order valence-corrected chi connectivity index (χ4v) is 6.25. The molecule has 54 heavy (non-hydrogen) atoms. The van der Waals surface area contributed by atoms with E-state index < -0.39 is 49.0 Å². The quantitative estimate of drug-likeness (QED) is 0.0810. The molecule has 1 aromatic carbocycles. The summed E-state index contributed by atoms with van der Waals surface area (Å²) in [5.41, 5.74) is 0.607. The molecule has 1 unspecified atom stereocenters. The Kier molecular flexibility index (Phi) is 18.9. The molecule has 0 bridgehead atoms. The van der Waals surface area contributed by atoms with Crippen molar-refractivity contribution in [3.05, 3.63) is 23.8 Å². The predicted octanol–water partition coefficient (Wildman–Crippen LogP) is -1.67. The van der Waals surface area contributed by atoms with Crippen molar-refractivity contribution in [1.82, 2.24) is 24.9 Å². The van der Waals surface area contributed by atoms with Gasteiger partial charge in [0.2, 0.25) is 0 Å². The minimum atomic E-state index is -1.27. The van der Waals surface area contributed by atoms with Gasteiger partial charge in [-0.1, -0.05) is 12.1 Å². The van der Waals surface area contributed by atoms with Crippen molar-refractivity contribution in [3.63, 3.8) is 0 Å². The third kappa shape index (κ3) is 16.6. The summed E-state index contributed by atoms with van der Waals surface area (Å²) in [6.07, 6.45) is 0.284. The number of nitrogens with zero attached hydrogens (tertiary/aromatic N) is 5. The second-order valence-electron chi connectivity index (χ2n) is 13.0. The summed E-state index contributed by atoms with van der Waals surface area (Å²) in [5, 5.41) is 50.8. The smallest absolute Gasteiger partial charge is 0.323 e. The van der Waals surface area contributed by atoms with Gasteiger partial charge in [-0.05, 0) is 12.5 Å². The van der Waals surface area contributed by atoms with Crippen LogP contribution < -0.4 is 15.0 Å². The molecule has 20 heteroatoms. The first-order valence-corrected chi connectivity index (χ1v) is 17.7. The summed E-state index contributed by atoms with van der Waals surface area (Å²) in [5.74, 6) is -5.79. The maximum Gasteiger partial charge on any atom is 0.323 e. The average molecular weight is 769 g/mol. The molecule has 20 nitrogen and oxygen atoms in total. The Morgan fingerprint density at radius 2 is 1.39 bits per heavy atom. The van der Waals surface area contributed by atoms with E-state index in [0.717, 1.165) is 4.90 Å². The number of aliphatic carboxylic acids is 5. The molecule has 0 aromatic heterocycles. The third-order valence-electron chi connectivity index (χ3n) is 8.73. The van der Waals surface area contributed by atoms with Crippen LogP contribution in [-0.2, 0) is 44.8 Å². The Labute approximate surface area is 312 Å². The maximum absolute atomic E-state index is 12.8. The summed E-state index contributed by atoms with van der Waals surface area (Å²) in [7, 11) is 0. The SMILES string of the molecule is O=C(O)CC1CN(CCCOCc2cccc(OCC(=O)N3CCOCC3)c2N(CC(=O)O)CC(=O)O)CCN(CC(=O)O)CCN(CC(=O)O)CCN1. The molecule has 302 valence electrons. The molecule has 1 atom stereocenters. The summed E-state index contributed by atoms with van der Waals surface area (Å²) in [6.45, 7) is 2.37. The molecule has 2 saturated heterocycles. The Balaban J connectivity index is 1.71. The van der Waals surface area contributed by atoms with Crippen molar-refractivity contribution in [2.75, 3.05) is 123 Å². The van der Waals surface area contributed by atoms with Crippen LogP contribution in [0.3, 0.4) is 0 Å². The van der Waals surface area contributed by atoms with Crippen molar-refractivity contribution in [2.24, 2.45) is 0 Å². The first-order chi connectivity index (χ1) is 25.8. The Morgan fingerprint density at radius 1 is 0.778 bits per heavy atom. The minimum absolute atomic E-state index is 0.0535. The number of ether oxygens (including phenoxy) is 3. The van der Waals surface area contributed by atoms with Crippen LogP contribution in [0.4, 0.5) is 5.69 Å². The number of hydrogen-bond acceptors (Lipinski definition) is 14. The number of rotatable bonds is 20. The molecule has 2 aliphatic heterocycles. The molecule has 2 fully saturated rings. The highest BCUT2D eigenvalue weighted by molar-refractivity contribution is 5.82. The van der Waals surface area contributed by atoms with E-state index in [0.29, 0.717) is 90.6 Å². The van der Waals surface area contributed by atoms with E-state index in [-0.39, 0.29) is 56.7 Å². The van der Waals surface area contributed by atoms with E-state index in [1.165, 1.54) is 6.07 Å². The fourth-order valence-electron chi connectivity index (χ4n) is 6.25. The van der Waals surface area contributed by atoms with E-state index in [2.05, 4.69) is 5.32 Å². The number of para-hydroxylation sites is 1. The Bertz CT molecular complexity index is 1390. The van der Waals surface area contributed by atoms with Crippen LogP contribution in [0.1, 0.15) is 18.4 Å². The minimum Gasteiger partial charge on any atom is -0.482 e. The molecule has 1 aromatic rings. The number of carboxylic acids is 5. The number of carboxylic acid groups (broad SMARTS) is 5. The summed E-state index contributed by atoms with van der Waals surface area (Å²) >= 11 is 0. The van der Waals surface area contributed by atoms with E-state index in [9.17, 15) is 54.3 Å². The number of morpholine rings is 1. The number of amides is 1. The Hall–Kier alpha value is -4.60. The van der Waals surface area contributed by atoms with Crippen LogP contribution in [0, 0.1) is 0 Å². The van der Waals surface area contributed by atoms with Gasteiger partial charge < -0.3 is 59.8 Å². The molecule has 0 spiro atoms. The molecule has 0 saturated carbocycles. The molecule has 2 heterocycles. The van der Waals surface area contributed by atoms with Crippen LogP contribution in [0.25, 0.3) is 0 Å². The standard InChI is InChI=1S/C34H52N6O14/c41-28(39-12-15-52-16-13-39)24-54-27-4-1-3-25(34(27)40(21-32(48)49)22-33(50)51)23-53-14-2-6-36-8-10-38(20-31(46)47)11-9-37(19-30(44)45)7-5-35-26(18-36)17-29(42)43/h1,3-4,26,35H,2,5-24H2,(H,42,43)(H,44,45)(H,46,47)(H,48,49)(H,50,51). The third-order valence-corrected chi connectivity index (χ3v) is 8.73. The molecule has 2 aliphatic rings. The summed E-state index contributed by atoms with van der Waals surface area (Å²) in [4.78, 5) is 79.1. The maximum atomic E-state index is 12.8. The van der Waals surface area contributed by atoms with Crippen LogP contribution in [0.5, 0.6) is 5.75 Å². The number of anilines is 1. The zero-order valence-corrected chi connectivity index (χ0v) is 30.3. The molecular formula is C34H52N6O14. The van der Waals surface area contributed by atoms with Gasteiger partial charge in [0.05, 0.1) is 45.0 Å². The molecule has 1 amide bonds. The summed E-state index contributed by atoms with van der Waals surface area (Å²) < 4.78 is 17.1. The van der Waals surface area contributed by atoms with Gasteiger partial charge in [-0.3, -0.25) is 38.6 Å². The molecule has 6 N–H and O–H groups in total. The number of benzene rings is 1. The van der Waals surface area contributed by atoms with E-state index in [1.807, 2.05) is 4.90 Å². The number of carbonyl (C=O) groups is 6. The van der Waals surface area contributed by atoms with Gasteiger partial charge >= 0.3 is 29.8 Å². The molecule has 0 aliphatic carbocycles. The van der Waals surface area contributed by atoms with E-state index in [1.54, 1.807) is 26.8 Å². The number of carbonyl (C=O) groups excluding carboxylic acids is 1. The number of hydrogen-bond donors (Lipinski definition) is 6. The van der Waals surface area contributed by atoms with Crippen molar-refractivity contribution < 1.29 is 68.5 Å². The van der Waals surface area contributed by atoms with Crippen LogP contribution in [-0.4, -0.2) is 205 Å².